The largest absolute Gasteiger partial charge is 0.355 e. The molecule has 2 heteroatoms. The number of amides is 1. The number of unbranched alkanes of at least 4 members (excludes halogenated alkanes) is 2. The zero-order valence-electron chi connectivity index (χ0n) is 9.56. The number of nitrogens with one attached hydrogen (secondary N) is 1. The molecule has 0 bridgehead atoms. The molecule has 0 unspecified atom stereocenters. The quantitative estimate of drug-likeness (QED) is 0.405. The molecular formula is C14H19NO. The van der Waals surface area contributed by atoms with Crippen molar-refractivity contribution in [1.29, 1.82) is 0 Å². The summed E-state index contributed by atoms with van der Waals surface area (Å²) in [5.74, 6) is 0. The molecule has 1 aromatic carbocycles. The van der Waals surface area contributed by atoms with Gasteiger partial charge in [0.15, 0.2) is 0 Å². The standard InChI is InChI=1S/C14H19NO/c16-13-15-12-8-3-1-2-5-9-14-10-6-4-7-11-14/h3-4,6-8,10-11,13H,1-2,5,9,12H2,(H,15,16). The Hall–Kier alpha value is -1.57. The van der Waals surface area contributed by atoms with Crippen LogP contribution in [0.5, 0.6) is 0 Å². The summed E-state index contributed by atoms with van der Waals surface area (Å²) in [6.07, 6.45) is 9.51. The third-order valence-corrected chi connectivity index (χ3v) is 2.41. The van der Waals surface area contributed by atoms with E-state index in [0.717, 1.165) is 19.3 Å². The lowest BCUT2D eigenvalue weighted by Gasteiger charge is -1.99. The molecule has 0 fully saturated rings. The number of carbonyl (C=O) groups is 1. The molecule has 16 heavy (non-hydrogen) atoms. The SMILES string of the molecule is O=CNCC=CCCCCc1ccccc1. The lowest BCUT2D eigenvalue weighted by atomic mass is 10.1. The average molecular weight is 217 g/mol. The molecule has 0 atom stereocenters. The highest BCUT2D eigenvalue weighted by Crippen LogP contribution is 2.06. The first kappa shape index (κ1) is 12.5. The third kappa shape index (κ3) is 6.02. The average Bonchev–Trinajstić information content (AvgIpc) is 2.34. The fraction of sp³-hybridized carbons (Fsp3) is 0.357. The Balaban J connectivity index is 2.00. The first-order chi connectivity index (χ1) is 7.93. The predicted molar refractivity (Wildman–Crippen MR) is 67.2 cm³/mol. The summed E-state index contributed by atoms with van der Waals surface area (Å²) in [7, 11) is 0. The van der Waals surface area contributed by atoms with Gasteiger partial charge in [0.25, 0.3) is 0 Å². The summed E-state index contributed by atoms with van der Waals surface area (Å²) in [5.41, 5.74) is 1.41. The monoisotopic (exact) mass is 217 g/mol. The Morgan fingerprint density at radius 2 is 1.88 bits per heavy atom. The van der Waals surface area contributed by atoms with E-state index >= 15 is 0 Å². The highest BCUT2D eigenvalue weighted by Gasteiger charge is 1.90. The first-order valence-electron chi connectivity index (χ1n) is 5.79. The number of hydrogen-bond donors (Lipinski definition) is 1. The number of hydrogen-bond acceptors (Lipinski definition) is 1. The second-order valence-corrected chi connectivity index (χ2v) is 3.73. The van der Waals surface area contributed by atoms with Gasteiger partial charge in [-0.15, -0.1) is 0 Å². The topological polar surface area (TPSA) is 29.1 Å². The molecule has 0 aliphatic rings. The molecule has 0 aliphatic heterocycles. The zero-order valence-corrected chi connectivity index (χ0v) is 9.56. The van der Waals surface area contributed by atoms with Crippen LogP contribution >= 0.6 is 0 Å². The number of allylic oxidation sites excluding steroid dienone is 1. The number of benzene rings is 1. The molecular weight excluding hydrogens is 198 g/mol. The zero-order chi connectivity index (χ0) is 11.5. The van der Waals surface area contributed by atoms with Gasteiger partial charge in [-0.25, -0.2) is 0 Å². The van der Waals surface area contributed by atoms with Gasteiger partial charge in [-0.1, -0.05) is 42.5 Å². The lowest BCUT2D eigenvalue weighted by Crippen LogP contribution is -2.09. The molecule has 2 nitrogen and oxygen atoms in total. The van der Waals surface area contributed by atoms with Gasteiger partial charge >= 0.3 is 0 Å². The van der Waals surface area contributed by atoms with Gasteiger partial charge in [0.1, 0.15) is 0 Å². The van der Waals surface area contributed by atoms with Crippen LogP contribution < -0.4 is 5.32 Å². The van der Waals surface area contributed by atoms with Crippen molar-refractivity contribution in [2.75, 3.05) is 6.54 Å². The lowest BCUT2D eigenvalue weighted by molar-refractivity contribution is -0.109. The van der Waals surface area contributed by atoms with Crippen molar-refractivity contribution in [3.8, 4) is 0 Å². The summed E-state index contributed by atoms with van der Waals surface area (Å²) in [6.45, 7) is 0.641. The highest BCUT2D eigenvalue weighted by atomic mass is 16.1. The van der Waals surface area contributed by atoms with Crippen molar-refractivity contribution < 1.29 is 4.79 Å². The third-order valence-electron chi connectivity index (χ3n) is 2.41. The highest BCUT2D eigenvalue weighted by molar-refractivity contribution is 5.46. The molecule has 0 spiro atoms. The van der Waals surface area contributed by atoms with E-state index < -0.39 is 0 Å². The molecule has 0 saturated carbocycles. The summed E-state index contributed by atoms with van der Waals surface area (Å²) in [4.78, 5) is 9.95. The van der Waals surface area contributed by atoms with Crippen LogP contribution in [-0.4, -0.2) is 13.0 Å². The van der Waals surface area contributed by atoms with Gasteiger partial charge < -0.3 is 5.32 Å². The maximum absolute atomic E-state index is 9.95. The first-order valence-corrected chi connectivity index (χ1v) is 5.79. The van der Waals surface area contributed by atoms with Crippen molar-refractivity contribution in [3.05, 3.63) is 48.0 Å². The minimum atomic E-state index is 0.641. The van der Waals surface area contributed by atoms with Gasteiger partial charge in [0, 0.05) is 6.54 Å². The molecule has 1 aromatic rings. The molecule has 0 aromatic heterocycles. The fourth-order valence-electron chi connectivity index (χ4n) is 1.55. The van der Waals surface area contributed by atoms with E-state index in [2.05, 4.69) is 35.7 Å². The van der Waals surface area contributed by atoms with Crippen LogP contribution in [-0.2, 0) is 11.2 Å². The van der Waals surface area contributed by atoms with E-state index in [4.69, 9.17) is 0 Å². The van der Waals surface area contributed by atoms with Gasteiger partial charge in [-0.2, -0.15) is 0 Å². The fourth-order valence-corrected chi connectivity index (χ4v) is 1.55. The molecule has 0 radical (unpaired) electrons. The van der Waals surface area contributed by atoms with Crippen LogP contribution in [0.15, 0.2) is 42.5 Å². The Morgan fingerprint density at radius 3 is 2.62 bits per heavy atom. The smallest absolute Gasteiger partial charge is 0.207 e. The van der Waals surface area contributed by atoms with Crippen LogP contribution in [0.2, 0.25) is 0 Å². The molecule has 0 heterocycles. The number of rotatable bonds is 8. The van der Waals surface area contributed by atoms with Gasteiger partial charge in [-0.3, -0.25) is 4.79 Å². The molecule has 1 rings (SSSR count). The molecule has 0 aliphatic carbocycles. The van der Waals surface area contributed by atoms with Gasteiger partial charge in [0.2, 0.25) is 6.41 Å². The van der Waals surface area contributed by atoms with Crippen molar-refractivity contribution >= 4 is 6.41 Å². The normalized spacial score (nSPS) is 10.5. The van der Waals surface area contributed by atoms with Crippen LogP contribution in [0.4, 0.5) is 0 Å². The number of carbonyl (C=O) groups excluding carboxylic acids is 1. The van der Waals surface area contributed by atoms with E-state index in [1.54, 1.807) is 0 Å². The Labute approximate surface area is 97.4 Å². The van der Waals surface area contributed by atoms with E-state index in [-0.39, 0.29) is 0 Å². The summed E-state index contributed by atoms with van der Waals surface area (Å²) in [5, 5.41) is 2.60. The van der Waals surface area contributed by atoms with Crippen molar-refractivity contribution in [1.82, 2.24) is 5.32 Å². The summed E-state index contributed by atoms with van der Waals surface area (Å²) >= 11 is 0. The maximum Gasteiger partial charge on any atom is 0.207 e. The van der Waals surface area contributed by atoms with E-state index in [0.29, 0.717) is 6.54 Å². The Morgan fingerprint density at radius 1 is 1.06 bits per heavy atom. The minimum absolute atomic E-state index is 0.641. The molecule has 0 saturated heterocycles. The Bertz CT molecular complexity index is 306. The van der Waals surface area contributed by atoms with Gasteiger partial charge in [0.05, 0.1) is 0 Å². The summed E-state index contributed by atoms with van der Waals surface area (Å²) < 4.78 is 0. The van der Waals surface area contributed by atoms with Crippen LogP contribution in [0.25, 0.3) is 0 Å². The van der Waals surface area contributed by atoms with Crippen LogP contribution in [0.3, 0.4) is 0 Å². The second kappa shape index (κ2) is 8.72. The van der Waals surface area contributed by atoms with Crippen molar-refractivity contribution in [2.24, 2.45) is 0 Å². The Kier molecular flexibility index (Phi) is 6.81. The van der Waals surface area contributed by atoms with Crippen molar-refractivity contribution in [2.45, 2.75) is 25.7 Å². The number of aryl methyl sites for hydroxylation is 1. The second-order valence-electron chi connectivity index (χ2n) is 3.73. The van der Waals surface area contributed by atoms with Crippen LogP contribution in [0, 0.1) is 0 Å². The van der Waals surface area contributed by atoms with Gasteiger partial charge in [-0.05, 0) is 31.2 Å². The van der Waals surface area contributed by atoms with E-state index in [9.17, 15) is 4.79 Å². The van der Waals surface area contributed by atoms with E-state index in [1.165, 1.54) is 18.4 Å². The molecule has 1 N–H and O–H groups in total. The van der Waals surface area contributed by atoms with E-state index in [1.807, 2.05) is 12.1 Å². The molecule has 86 valence electrons. The van der Waals surface area contributed by atoms with Crippen LogP contribution in [0.1, 0.15) is 24.8 Å². The minimum Gasteiger partial charge on any atom is -0.355 e. The predicted octanol–water partition coefficient (Wildman–Crippen LogP) is 2.70. The van der Waals surface area contributed by atoms with Crippen molar-refractivity contribution in [3.63, 3.8) is 0 Å². The maximum atomic E-state index is 9.95. The molecule has 1 amide bonds. The summed E-state index contributed by atoms with van der Waals surface area (Å²) in [6, 6.07) is 10.6.